The molecule has 2 aromatic carbocycles. The van der Waals surface area contributed by atoms with Gasteiger partial charge in [-0.3, -0.25) is 0 Å². The van der Waals surface area contributed by atoms with E-state index in [0.717, 1.165) is 36.4 Å². The van der Waals surface area contributed by atoms with Gasteiger partial charge in [-0.1, -0.05) is 58.0 Å². The summed E-state index contributed by atoms with van der Waals surface area (Å²) in [6.45, 7) is 8.59. The van der Waals surface area contributed by atoms with Crippen LogP contribution in [0, 0.1) is 27.7 Å². The summed E-state index contributed by atoms with van der Waals surface area (Å²) >= 11 is 0. The molecule has 0 spiro atoms. The average molecular weight is 571 g/mol. The van der Waals surface area contributed by atoms with E-state index in [-0.39, 0.29) is 0 Å². The second-order valence-corrected chi connectivity index (χ2v) is 20.1. The average Bonchev–Trinajstić information content (AvgIpc) is 2.87. The van der Waals surface area contributed by atoms with Crippen LogP contribution in [0.1, 0.15) is 35.1 Å². The van der Waals surface area contributed by atoms with Gasteiger partial charge in [0, 0.05) is 39.9 Å². The molecular formula is C26H42O4S3Si2. The Kier molecular flexibility index (Phi) is 13.5. The van der Waals surface area contributed by atoms with Gasteiger partial charge < -0.3 is 17.7 Å². The molecule has 0 aliphatic rings. The van der Waals surface area contributed by atoms with Crippen LogP contribution in [0.2, 0.25) is 12.1 Å². The van der Waals surface area contributed by atoms with E-state index >= 15 is 0 Å². The van der Waals surface area contributed by atoms with Gasteiger partial charge in [-0.05, 0) is 95.1 Å². The Morgan fingerprint density at radius 3 is 1.26 bits per heavy atom. The molecule has 0 amide bonds. The van der Waals surface area contributed by atoms with Crippen LogP contribution in [0.3, 0.4) is 0 Å². The number of hydrogen-bond donors (Lipinski definition) is 0. The third-order valence-corrected chi connectivity index (χ3v) is 18.2. The minimum Gasteiger partial charge on any atom is -0.394 e. The van der Waals surface area contributed by atoms with Gasteiger partial charge in [0.1, 0.15) is 0 Å². The molecular weight excluding hydrogens is 529 g/mol. The molecule has 196 valence electrons. The molecule has 0 N–H and O–H groups in total. The van der Waals surface area contributed by atoms with Crippen molar-refractivity contribution < 1.29 is 17.7 Å². The van der Waals surface area contributed by atoms with Crippen LogP contribution >= 0.6 is 31.4 Å². The van der Waals surface area contributed by atoms with Crippen LogP contribution in [-0.2, 0) is 17.7 Å². The van der Waals surface area contributed by atoms with Gasteiger partial charge in [0.25, 0.3) is 0 Å². The third-order valence-electron chi connectivity index (χ3n) is 6.78. The van der Waals surface area contributed by atoms with Crippen molar-refractivity contribution in [2.24, 2.45) is 0 Å². The molecule has 0 aliphatic carbocycles. The van der Waals surface area contributed by atoms with Crippen molar-refractivity contribution in [1.82, 2.24) is 0 Å². The summed E-state index contributed by atoms with van der Waals surface area (Å²) in [4.78, 5) is 0. The molecule has 0 radical (unpaired) electrons. The van der Waals surface area contributed by atoms with Crippen LogP contribution in [0.5, 0.6) is 0 Å². The molecule has 0 aromatic heterocycles. The molecule has 0 atom stereocenters. The molecule has 0 fully saturated rings. The third kappa shape index (κ3) is 8.38. The molecule has 0 bridgehead atoms. The van der Waals surface area contributed by atoms with Crippen molar-refractivity contribution in [3.05, 3.63) is 58.7 Å². The smallest absolute Gasteiger partial charge is 0.372 e. The Hall–Kier alpha value is -0.236. The van der Waals surface area contributed by atoms with E-state index < -0.39 is 17.1 Å². The number of rotatable bonds is 16. The van der Waals surface area contributed by atoms with Crippen LogP contribution in [0.25, 0.3) is 0 Å². The largest absolute Gasteiger partial charge is 0.394 e. The van der Waals surface area contributed by atoms with Gasteiger partial charge >= 0.3 is 17.1 Å². The predicted octanol–water partition coefficient (Wildman–Crippen LogP) is 6.31. The SMILES string of the molecule is CO[Si](CCCSSSCCC[Si](OC)(OC)c1ccc(C)c(C)c1)(OC)c1ccc(C)c(C)c1. The first-order valence-corrected chi connectivity index (χ1v) is 19.9. The van der Waals surface area contributed by atoms with E-state index in [1.54, 1.807) is 28.4 Å². The zero-order valence-corrected chi connectivity index (χ0v) is 27.0. The maximum Gasteiger partial charge on any atom is 0.372 e. The zero-order valence-electron chi connectivity index (χ0n) is 22.6. The molecule has 0 saturated carbocycles. The van der Waals surface area contributed by atoms with E-state index in [1.807, 2.05) is 31.4 Å². The Morgan fingerprint density at radius 2 is 0.943 bits per heavy atom. The molecule has 35 heavy (non-hydrogen) atoms. The first-order chi connectivity index (χ1) is 16.8. The van der Waals surface area contributed by atoms with Gasteiger partial charge in [-0.25, -0.2) is 0 Å². The fourth-order valence-corrected chi connectivity index (χ4v) is 14.0. The van der Waals surface area contributed by atoms with Gasteiger partial charge in [-0.15, -0.1) is 0 Å². The normalized spacial score (nSPS) is 12.3. The highest BCUT2D eigenvalue weighted by molar-refractivity contribution is 9.09. The lowest BCUT2D eigenvalue weighted by atomic mass is 10.1. The predicted molar refractivity (Wildman–Crippen MR) is 162 cm³/mol. The minimum absolute atomic E-state index is 0.965. The molecule has 0 unspecified atom stereocenters. The summed E-state index contributed by atoms with van der Waals surface area (Å²) in [6, 6.07) is 15.1. The first kappa shape index (κ1) is 31.0. The molecule has 0 heterocycles. The zero-order chi connectivity index (χ0) is 25.9. The van der Waals surface area contributed by atoms with Crippen LogP contribution in [-0.4, -0.2) is 57.1 Å². The summed E-state index contributed by atoms with van der Waals surface area (Å²) in [5.74, 6) is 2.17. The first-order valence-electron chi connectivity index (χ1n) is 12.0. The Labute approximate surface area is 226 Å². The number of hydrogen-bond acceptors (Lipinski definition) is 7. The quantitative estimate of drug-likeness (QED) is 0.133. The summed E-state index contributed by atoms with van der Waals surface area (Å²) in [5, 5.41) is 2.45. The molecule has 2 rings (SSSR count). The maximum absolute atomic E-state index is 6.01. The van der Waals surface area contributed by atoms with Crippen LogP contribution in [0.4, 0.5) is 0 Å². The van der Waals surface area contributed by atoms with Crippen molar-refractivity contribution in [2.45, 2.75) is 52.6 Å². The number of aryl methyl sites for hydroxylation is 4. The van der Waals surface area contributed by atoms with Crippen molar-refractivity contribution in [3.63, 3.8) is 0 Å². The van der Waals surface area contributed by atoms with E-state index in [2.05, 4.69) is 64.1 Å². The minimum atomic E-state index is -2.38. The Bertz CT molecular complexity index is 848. The van der Waals surface area contributed by atoms with E-state index in [1.165, 1.54) is 32.6 Å². The lowest BCUT2D eigenvalue weighted by Crippen LogP contribution is -2.52. The second-order valence-electron chi connectivity index (χ2n) is 8.84. The maximum atomic E-state index is 6.01. The van der Waals surface area contributed by atoms with Gasteiger partial charge in [0.15, 0.2) is 0 Å². The molecule has 9 heteroatoms. The Balaban J connectivity index is 1.74. The van der Waals surface area contributed by atoms with Crippen LogP contribution < -0.4 is 10.4 Å². The highest BCUT2D eigenvalue weighted by Gasteiger charge is 2.38. The fourth-order valence-electron chi connectivity index (χ4n) is 4.12. The fraction of sp³-hybridized carbons (Fsp3) is 0.538. The van der Waals surface area contributed by atoms with E-state index in [4.69, 9.17) is 17.7 Å². The lowest BCUT2D eigenvalue weighted by molar-refractivity contribution is 0.256. The second kappa shape index (κ2) is 15.2. The summed E-state index contributed by atoms with van der Waals surface area (Å²) in [5.41, 5.74) is 5.19. The monoisotopic (exact) mass is 570 g/mol. The summed E-state index contributed by atoms with van der Waals surface area (Å²) < 4.78 is 24.0. The lowest BCUT2D eigenvalue weighted by Gasteiger charge is -2.28. The van der Waals surface area contributed by atoms with Gasteiger partial charge in [0.2, 0.25) is 0 Å². The summed E-state index contributed by atoms with van der Waals surface area (Å²) in [7, 11) is 8.16. The summed E-state index contributed by atoms with van der Waals surface area (Å²) in [6.07, 6.45) is 2.16. The molecule has 0 aliphatic heterocycles. The highest BCUT2D eigenvalue weighted by Crippen LogP contribution is 2.36. The topological polar surface area (TPSA) is 36.9 Å². The Morgan fingerprint density at radius 1 is 0.571 bits per heavy atom. The number of benzene rings is 2. The molecule has 0 saturated heterocycles. The van der Waals surface area contributed by atoms with E-state index in [0.29, 0.717) is 0 Å². The highest BCUT2D eigenvalue weighted by atomic mass is 33.5. The van der Waals surface area contributed by atoms with Gasteiger partial charge in [-0.2, -0.15) is 0 Å². The molecule has 2 aromatic rings. The van der Waals surface area contributed by atoms with Crippen molar-refractivity contribution >= 4 is 58.9 Å². The van der Waals surface area contributed by atoms with Gasteiger partial charge in [0.05, 0.1) is 0 Å². The van der Waals surface area contributed by atoms with Crippen molar-refractivity contribution in [2.75, 3.05) is 39.9 Å². The van der Waals surface area contributed by atoms with Crippen LogP contribution in [0.15, 0.2) is 36.4 Å². The van der Waals surface area contributed by atoms with Crippen molar-refractivity contribution in [1.29, 1.82) is 0 Å². The van der Waals surface area contributed by atoms with E-state index in [9.17, 15) is 0 Å². The molecule has 4 nitrogen and oxygen atoms in total. The standard InChI is InChI=1S/C26H42O4S3Si2/c1-21-11-13-25(19-23(21)3)34(27-5,28-6)17-9-15-31-33-32-16-10-18-35(29-7,30-8)26-14-12-22(2)24(4)20-26/h11-14,19-20H,9-10,15-18H2,1-8H3. The van der Waals surface area contributed by atoms with Crippen molar-refractivity contribution in [3.8, 4) is 0 Å².